The van der Waals surface area contributed by atoms with Crippen LogP contribution in [0.3, 0.4) is 0 Å². The maximum absolute atomic E-state index is 13.6. The van der Waals surface area contributed by atoms with E-state index in [1.807, 2.05) is 6.07 Å². The predicted octanol–water partition coefficient (Wildman–Crippen LogP) is 2.07. The Morgan fingerprint density at radius 2 is 2.29 bits per heavy atom. The number of halogens is 2. The van der Waals surface area contributed by atoms with Crippen LogP contribution in [-0.4, -0.2) is 42.8 Å². The first-order valence-electron chi connectivity index (χ1n) is 7.27. The second kappa shape index (κ2) is 7.65. The SMILES string of the molecule is CC(C)N1CCOC(C(Cc2cccc(F)c2Br)NN)C1. The third-order valence-electron chi connectivity index (χ3n) is 3.99. The van der Waals surface area contributed by atoms with Gasteiger partial charge in [0, 0.05) is 19.1 Å². The molecule has 0 radical (unpaired) electrons. The molecule has 2 rings (SSSR count). The molecule has 1 aliphatic heterocycles. The molecule has 1 aromatic rings. The molecule has 1 heterocycles. The Hall–Kier alpha value is -0.530. The van der Waals surface area contributed by atoms with Crippen molar-refractivity contribution in [2.24, 2.45) is 5.84 Å². The zero-order valence-corrected chi connectivity index (χ0v) is 14.1. The van der Waals surface area contributed by atoms with Gasteiger partial charge in [-0.05, 0) is 47.8 Å². The molecule has 0 spiro atoms. The van der Waals surface area contributed by atoms with Crippen LogP contribution >= 0.6 is 15.9 Å². The van der Waals surface area contributed by atoms with E-state index in [0.717, 1.165) is 18.7 Å². The maximum atomic E-state index is 13.6. The fourth-order valence-corrected chi connectivity index (χ4v) is 3.08. The number of nitrogens with one attached hydrogen (secondary N) is 1. The van der Waals surface area contributed by atoms with Crippen molar-refractivity contribution in [1.29, 1.82) is 0 Å². The summed E-state index contributed by atoms with van der Waals surface area (Å²) < 4.78 is 20.0. The molecule has 4 nitrogen and oxygen atoms in total. The number of morpholine rings is 1. The summed E-state index contributed by atoms with van der Waals surface area (Å²) in [6.07, 6.45) is 0.618. The van der Waals surface area contributed by atoms with E-state index in [0.29, 0.717) is 23.5 Å². The smallest absolute Gasteiger partial charge is 0.137 e. The van der Waals surface area contributed by atoms with Crippen molar-refractivity contribution in [2.75, 3.05) is 19.7 Å². The number of nitrogens with zero attached hydrogens (tertiary/aromatic N) is 1. The largest absolute Gasteiger partial charge is 0.374 e. The Bertz CT molecular complexity index is 472. The monoisotopic (exact) mass is 359 g/mol. The molecule has 1 aliphatic rings. The van der Waals surface area contributed by atoms with E-state index in [1.54, 1.807) is 6.07 Å². The molecule has 21 heavy (non-hydrogen) atoms. The lowest BCUT2D eigenvalue weighted by Crippen LogP contribution is -2.56. The summed E-state index contributed by atoms with van der Waals surface area (Å²) in [5.41, 5.74) is 3.72. The van der Waals surface area contributed by atoms with Crippen LogP contribution in [0.5, 0.6) is 0 Å². The number of hydrogen-bond acceptors (Lipinski definition) is 4. The van der Waals surface area contributed by atoms with Gasteiger partial charge in [0.2, 0.25) is 0 Å². The van der Waals surface area contributed by atoms with Crippen molar-refractivity contribution in [2.45, 2.75) is 38.5 Å². The van der Waals surface area contributed by atoms with Crippen LogP contribution < -0.4 is 11.3 Å². The summed E-state index contributed by atoms with van der Waals surface area (Å²) >= 11 is 3.30. The minimum atomic E-state index is -0.253. The zero-order valence-electron chi connectivity index (χ0n) is 12.5. The van der Waals surface area contributed by atoms with Gasteiger partial charge in [0.15, 0.2) is 0 Å². The van der Waals surface area contributed by atoms with Gasteiger partial charge in [-0.2, -0.15) is 0 Å². The van der Waals surface area contributed by atoms with Gasteiger partial charge in [-0.25, -0.2) is 4.39 Å². The van der Waals surface area contributed by atoms with Gasteiger partial charge in [-0.3, -0.25) is 16.2 Å². The normalized spacial score (nSPS) is 21.7. The fraction of sp³-hybridized carbons (Fsp3) is 0.600. The first kappa shape index (κ1) is 16.8. The molecule has 0 amide bonds. The van der Waals surface area contributed by atoms with Gasteiger partial charge < -0.3 is 4.74 Å². The highest BCUT2D eigenvalue weighted by molar-refractivity contribution is 9.10. The van der Waals surface area contributed by atoms with Crippen LogP contribution in [0.1, 0.15) is 19.4 Å². The first-order chi connectivity index (χ1) is 10.0. The molecule has 0 bridgehead atoms. The Kier molecular flexibility index (Phi) is 6.13. The van der Waals surface area contributed by atoms with Gasteiger partial charge in [0.05, 0.1) is 23.2 Å². The van der Waals surface area contributed by atoms with Gasteiger partial charge >= 0.3 is 0 Å². The van der Waals surface area contributed by atoms with Crippen LogP contribution in [0.2, 0.25) is 0 Å². The molecule has 118 valence electrons. The number of ether oxygens (including phenoxy) is 1. The van der Waals surface area contributed by atoms with E-state index in [4.69, 9.17) is 10.6 Å². The lowest BCUT2D eigenvalue weighted by atomic mass is 10.00. The molecule has 0 saturated carbocycles. The van der Waals surface area contributed by atoms with E-state index in [2.05, 4.69) is 40.1 Å². The van der Waals surface area contributed by atoms with Crippen molar-refractivity contribution in [1.82, 2.24) is 10.3 Å². The summed E-state index contributed by atoms with van der Waals surface area (Å²) in [4.78, 5) is 2.37. The molecule has 0 aliphatic carbocycles. The number of hydrazine groups is 1. The Labute approximate surface area is 133 Å². The fourth-order valence-electron chi connectivity index (χ4n) is 2.65. The maximum Gasteiger partial charge on any atom is 0.137 e. The van der Waals surface area contributed by atoms with E-state index in [9.17, 15) is 4.39 Å². The third kappa shape index (κ3) is 4.23. The van der Waals surface area contributed by atoms with Crippen LogP contribution in [0.4, 0.5) is 4.39 Å². The van der Waals surface area contributed by atoms with E-state index in [1.165, 1.54) is 6.07 Å². The molecule has 3 N–H and O–H groups in total. The number of benzene rings is 1. The summed E-state index contributed by atoms with van der Waals surface area (Å²) in [7, 11) is 0. The van der Waals surface area contributed by atoms with Gasteiger partial charge in [0.25, 0.3) is 0 Å². The van der Waals surface area contributed by atoms with Crippen LogP contribution in [0.15, 0.2) is 22.7 Å². The quantitative estimate of drug-likeness (QED) is 0.624. The van der Waals surface area contributed by atoms with E-state index >= 15 is 0 Å². The molecule has 1 saturated heterocycles. The second-order valence-corrected chi connectivity index (χ2v) is 6.48. The summed E-state index contributed by atoms with van der Waals surface area (Å²) in [5, 5.41) is 0. The van der Waals surface area contributed by atoms with Crippen molar-refractivity contribution in [3.05, 3.63) is 34.1 Å². The molecule has 1 fully saturated rings. The number of hydrogen-bond donors (Lipinski definition) is 2. The minimum Gasteiger partial charge on any atom is -0.374 e. The lowest BCUT2D eigenvalue weighted by Gasteiger charge is -2.38. The predicted molar refractivity (Wildman–Crippen MR) is 85.4 cm³/mol. The van der Waals surface area contributed by atoms with Crippen molar-refractivity contribution in [3.8, 4) is 0 Å². The van der Waals surface area contributed by atoms with Crippen LogP contribution in [0, 0.1) is 5.82 Å². The lowest BCUT2D eigenvalue weighted by molar-refractivity contribution is -0.0553. The van der Waals surface area contributed by atoms with Gasteiger partial charge in [0.1, 0.15) is 5.82 Å². The van der Waals surface area contributed by atoms with Crippen molar-refractivity contribution in [3.63, 3.8) is 0 Å². The number of nitrogens with two attached hydrogens (primary N) is 1. The highest BCUT2D eigenvalue weighted by atomic mass is 79.9. The molecule has 0 aromatic heterocycles. The Morgan fingerprint density at radius 1 is 1.52 bits per heavy atom. The first-order valence-corrected chi connectivity index (χ1v) is 8.07. The average molecular weight is 360 g/mol. The molecular weight excluding hydrogens is 337 g/mol. The average Bonchev–Trinajstić information content (AvgIpc) is 2.49. The molecule has 6 heteroatoms. The topological polar surface area (TPSA) is 50.5 Å². The highest BCUT2D eigenvalue weighted by Crippen LogP contribution is 2.23. The second-order valence-electron chi connectivity index (χ2n) is 5.69. The van der Waals surface area contributed by atoms with Gasteiger partial charge in [-0.15, -0.1) is 0 Å². The molecule has 1 aromatic carbocycles. The summed E-state index contributed by atoms with van der Waals surface area (Å²) in [6, 6.07) is 5.49. The Balaban J connectivity index is 2.07. The zero-order chi connectivity index (χ0) is 15.4. The van der Waals surface area contributed by atoms with Crippen LogP contribution in [-0.2, 0) is 11.2 Å². The molecular formula is C15H23BrFN3O. The van der Waals surface area contributed by atoms with Crippen molar-refractivity contribution >= 4 is 15.9 Å². The van der Waals surface area contributed by atoms with E-state index in [-0.39, 0.29) is 18.0 Å². The highest BCUT2D eigenvalue weighted by Gasteiger charge is 2.29. The summed E-state index contributed by atoms with van der Waals surface area (Å²) in [5.74, 6) is 5.45. The third-order valence-corrected chi connectivity index (χ3v) is 4.88. The summed E-state index contributed by atoms with van der Waals surface area (Å²) in [6.45, 7) is 6.83. The molecule has 2 unspecified atom stereocenters. The van der Waals surface area contributed by atoms with Gasteiger partial charge in [-0.1, -0.05) is 12.1 Å². The Morgan fingerprint density at radius 3 is 2.95 bits per heavy atom. The van der Waals surface area contributed by atoms with E-state index < -0.39 is 0 Å². The molecule has 2 atom stereocenters. The standard InChI is InChI=1S/C15H23BrFN3O/c1-10(2)20-6-7-21-14(9-20)13(19-18)8-11-4-3-5-12(17)15(11)16/h3-5,10,13-14,19H,6-9,18H2,1-2H3. The minimum absolute atomic E-state index is 0.00122. The van der Waals surface area contributed by atoms with Crippen molar-refractivity contribution < 1.29 is 9.13 Å². The van der Waals surface area contributed by atoms with Crippen LogP contribution in [0.25, 0.3) is 0 Å². The number of rotatable bonds is 5.